The van der Waals surface area contributed by atoms with E-state index in [1.165, 1.54) is 6.07 Å². The van der Waals surface area contributed by atoms with Gasteiger partial charge in [-0.1, -0.05) is 96.9 Å². The maximum Gasteiger partial charge on any atom is 0.313 e. The number of benzene rings is 2. The second-order valence-electron chi connectivity index (χ2n) is 21.4. The van der Waals surface area contributed by atoms with E-state index in [1.807, 2.05) is 30.3 Å². The monoisotopic (exact) mass is 822 g/mol. The van der Waals surface area contributed by atoms with Crippen LogP contribution in [0.1, 0.15) is 144 Å². The van der Waals surface area contributed by atoms with E-state index >= 15 is 0 Å². The van der Waals surface area contributed by atoms with Crippen LogP contribution in [0.5, 0.6) is 0 Å². The normalized spacial score (nSPS) is 33.9. The largest absolute Gasteiger partial charge is 0.462 e. The summed E-state index contributed by atoms with van der Waals surface area (Å²) >= 11 is 0. The summed E-state index contributed by atoms with van der Waals surface area (Å²) in [5.74, 6) is 1.05. The Hall–Kier alpha value is -4.28. The molecule has 4 fully saturated rings. The molecule has 0 aliphatic heterocycles. The predicted molar refractivity (Wildman–Crippen MR) is 231 cm³/mol. The van der Waals surface area contributed by atoms with Crippen molar-refractivity contribution in [2.75, 3.05) is 11.9 Å². The molecule has 11 heteroatoms. The number of nitro benzene ring substituents is 1. The molecular weight excluding hydrogens is 757 g/mol. The summed E-state index contributed by atoms with van der Waals surface area (Å²) in [6.07, 6.45) is 15.4. The minimum atomic E-state index is -0.497. The third-order valence-corrected chi connectivity index (χ3v) is 17.4. The number of non-ortho nitro benzene ring substituents is 1. The van der Waals surface area contributed by atoms with Crippen LogP contribution in [0.15, 0.2) is 58.7 Å². The fraction of sp³-hybridized carbons (Fsp3) is 0.673. The number of aromatic nitrogens is 2. The molecule has 11 nitrogen and oxygen atoms in total. The van der Waals surface area contributed by atoms with E-state index in [2.05, 4.69) is 70.2 Å². The van der Waals surface area contributed by atoms with Crippen molar-refractivity contribution in [3.8, 4) is 0 Å². The van der Waals surface area contributed by atoms with Gasteiger partial charge >= 0.3 is 17.6 Å². The summed E-state index contributed by atoms with van der Waals surface area (Å²) in [7, 11) is 0. The Kier molecular flexibility index (Phi) is 11.0. The second-order valence-corrected chi connectivity index (χ2v) is 21.4. The van der Waals surface area contributed by atoms with Crippen molar-refractivity contribution in [1.29, 1.82) is 0 Å². The molecule has 0 unspecified atom stereocenters. The van der Waals surface area contributed by atoms with E-state index < -0.39 is 10.3 Å². The highest BCUT2D eigenvalue weighted by Gasteiger charge is 2.69. The number of fused-ring (bicyclic) bond motifs is 8. The lowest BCUT2D eigenvalue weighted by Crippen LogP contribution is -2.65. The molecule has 2 aromatic carbocycles. The van der Waals surface area contributed by atoms with Crippen molar-refractivity contribution in [3.05, 3.63) is 69.8 Å². The van der Waals surface area contributed by atoms with Crippen LogP contribution in [-0.2, 0) is 25.7 Å². The van der Waals surface area contributed by atoms with Crippen LogP contribution >= 0.6 is 0 Å². The number of allylic oxidation sites excluding steroid dienone is 2. The standard InChI is InChI=1S/C49H66N4O7/c1-44(2)25-27-49(43(55)58-31-32-14-10-8-11-15-32)28-26-47(6)33(34(49)30-44)17-20-38-46(5)23-22-39(45(3,4)37(46)21-24-48(38,47)7)59-40(54)16-12-9-13-29-50-35-18-19-36(53(56)57)42-41(35)51-60-52-42/h8,10-11,14-15,17-19,34,37-39,50H,9,12-13,16,20-31H2,1-7H3/t34-,37-,38+,39-,46-,47+,48+,49-/m0/s1. The SMILES string of the molecule is CC1(C)CC[C@]2(C(=O)OCc3ccccc3)CC[C@]3(C)C(=CC[C@@H]4[C@@]5(C)CC[C@H](OC(=O)CCCCCNc6ccc([N+](=O)[O-])c7nonc67)C(C)(C)[C@@H]5CC[C@]43C)[C@@H]2C1. The highest BCUT2D eigenvalue weighted by atomic mass is 16.6. The molecule has 8 rings (SSSR count). The number of ether oxygens (including phenoxy) is 2. The number of nitro groups is 1. The molecule has 0 bridgehead atoms. The van der Waals surface area contributed by atoms with E-state index in [0.29, 0.717) is 42.6 Å². The maximum atomic E-state index is 14.4. The van der Waals surface area contributed by atoms with E-state index in [1.54, 1.807) is 11.6 Å². The molecule has 0 amide bonds. The van der Waals surface area contributed by atoms with Crippen molar-refractivity contribution < 1.29 is 28.6 Å². The van der Waals surface area contributed by atoms with Gasteiger partial charge in [0.05, 0.1) is 16.0 Å². The van der Waals surface area contributed by atoms with Crippen LogP contribution in [0.4, 0.5) is 11.4 Å². The first-order chi connectivity index (χ1) is 28.5. The van der Waals surface area contributed by atoms with Crippen LogP contribution in [0.2, 0.25) is 0 Å². The third-order valence-electron chi connectivity index (χ3n) is 17.4. The van der Waals surface area contributed by atoms with E-state index in [9.17, 15) is 19.7 Å². The smallest absolute Gasteiger partial charge is 0.313 e. The molecule has 0 spiro atoms. The average Bonchev–Trinajstić information content (AvgIpc) is 3.70. The van der Waals surface area contributed by atoms with Gasteiger partial charge in [-0.25, -0.2) is 4.63 Å². The van der Waals surface area contributed by atoms with Crippen molar-refractivity contribution in [1.82, 2.24) is 10.3 Å². The molecule has 0 saturated heterocycles. The molecule has 60 heavy (non-hydrogen) atoms. The number of hydrogen-bond acceptors (Lipinski definition) is 10. The van der Waals surface area contributed by atoms with Crippen LogP contribution in [0, 0.1) is 60.4 Å². The molecule has 8 atom stereocenters. The first-order valence-electron chi connectivity index (χ1n) is 22.7. The molecule has 324 valence electrons. The first kappa shape index (κ1) is 42.4. The Labute approximate surface area is 355 Å². The van der Waals surface area contributed by atoms with Crippen molar-refractivity contribution in [2.24, 2.45) is 50.2 Å². The van der Waals surface area contributed by atoms with Gasteiger partial charge in [0, 0.05) is 24.4 Å². The lowest BCUT2D eigenvalue weighted by atomic mass is 9.33. The Balaban J connectivity index is 0.903. The van der Waals surface area contributed by atoms with Gasteiger partial charge in [-0.2, -0.15) is 0 Å². The number of hydrogen-bond donors (Lipinski definition) is 1. The summed E-state index contributed by atoms with van der Waals surface area (Å²) in [4.78, 5) is 38.6. The van der Waals surface area contributed by atoms with Crippen LogP contribution in [0.25, 0.3) is 11.0 Å². The molecule has 4 saturated carbocycles. The maximum absolute atomic E-state index is 14.4. The van der Waals surface area contributed by atoms with Gasteiger partial charge in [-0.05, 0) is 138 Å². The molecule has 5 aliphatic carbocycles. The number of rotatable bonds is 12. The van der Waals surface area contributed by atoms with E-state index in [0.717, 1.165) is 89.0 Å². The predicted octanol–water partition coefficient (Wildman–Crippen LogP) is 11.6. The van der Waals surface area contributed by atoms with Gasteiger partial charge in [0.15, 0.2) is 5.52 Å². The molecule has 1 heterocycles. The summed E-state index contributed by atoms with van der Waals surface area (Å²) in [6.45, 7) is 18.2. The lowest BCUT2D eigenvalue weighted by Gasteiger charge is -2.71. The Bertz CT molecular complexity index is 2150. The minimum absolute atomic E-state index is 0.00953. The number of anilines is 1. The Morgan fingerprint density at radius 3 is 2.38 bits per heavy atom. The number of carbonyl (C=O) groups excluding carboxylic acids is 2. The van der Waals surface area contributed by atoms with Crippen molar-refractivity contribution in [3.63, 3.8) is 0 Å². The van der Waals surface area contributed by atoms with E-state index in [-0.39, 0.29) is 62.2 Å². The number of carbonyl (C=O) groups is 2. The Morgan fingerprint density at radius 1 is 0.867 bits per heavy atom. The number of esters is 2. The second kappa shape index (κ2) is 15.6. The van der Waals surface area contributed by atoms with Gasteiger partial charge in [0.2, 0.25) is 5.52 Å². The van der Waals surface area contributed by atoms with Crippen molar-refractivity contribution >= 4 is 34.3 Å². The van der Waals surface area contributed by atoms with Gasteiger partial charge in [0.25, 0.3) is 0 Å². The highest BCUT2D eigenvalue weighted by Crippen LogP contribution is 2.76. The molecular formula is C49H66N4O7. The fourth-order valence-corrected chi connectivity index (χ4v) is 13.8. The van der Waals surface area contributed by atoms with Crippen molar-refractivity contribution in [2.45, 2.75) is 151 Å². The summed E-state index contributed by atoms with van der Waals surface area (Å²) in [5, 5.41) is 22.1. The fourth-order valence-electron chi connectivity index (χ4n) is 13.8. The molecule has 1 N–H and O–H groups in total. The third kappa shape index (κ3) is 7.03. The van der Waals surface area contributed by atoms with Crippen LogP contribution in [0.3, 0.4) is 0 Å². The zero-order valence-electron chi connectivity index (χ0n) is 36.9. The molecule has 1 aromatic heterocycles. The van der Waals surface area contributed by atoms with Gasteiger partial charge < -0.3 is 14.8 Å². The van der Waals surface area contributed by atoms with Crippen LogP contribution < -0.4 is 5.32 Å². The average molecular weight is 823 g/mol. The van der Waals surface area contributed by atoms with Gasteiger partial charge in [-0.15, -0.1) is 0 Å². The number of nitrogens with one attached hydrogen (secondary N) is 1. The molecule has 3 aromatic rings. The van der Waals surface area contributed by atoms with E-state index in [4.69, 9.17) is 14.1 Å². The topological polar surface area (TPSA) is 147 Å². The number of nitrogens with zero attached hydrogens (tertiary/aromatic N) is 3. The first-order valence-corrected chi connectivity index (χ1v) is 22.7. The highest BCUT2D eigenvalue weighted by molar-refractivity contribution is 5.93. The zero-order valence-corrected chi connectivity index (χ0v) is 36.9. The molecule has 5 aliphatic rings. The zero-order chi connectivity index (χ0) is 42.7. The summed E-state index contributed by atoms with van der Waals surface area (Å²) in [5.41, 5.74) is 3.34. The lowest BCUT2D eigenvalue weighted by molar-refractivity contribution is -0.383. The number of unbranched alkanes of at least 4 members (excludes halogenated alkanes) is 2. The minimum Gasteiger partial charge on any atom is -0.462 e. The van der Waals surface area contributed by atoms with Gasteiger partial charge in [-0.3, -0.25) is 19.7 Å². The summed E-state index contributed by atoms with van der Waals surface area (Å²) < 4.78 is 17.4. The van der Waals surface area contributed by atoms with Crippen LogP contribution in [-0.4, -0.2) is 39.8 Å². The Morgan fingerprint density at radius 2 is 1.62 bits per heavy atom. The molecule has 0 radical (unpaired) electrons. The quantitative estimate of drug-likeness (QED) is 0.0615. The van der Waals surface area contributed by atoms with Gasteiger partial charge in [0.1, 0.15) is 12.7 Å². The summed E-state index contributed by atoms with van der Waals surface area (Å²) in [6, 6.07) is 13.1.